The Morgan fingerprint density at radius 3 is 2.65 bits per heavy atom. The highest BCUT2D eigenvalue weighted by Crippen LogP contribution is 2.18. The van der Waals surface area contributed by atoms with Crippen LogP contribution < -0.4 is 20.7 Å². The van der Waals surface area contributed by atoms with Gasteiger partial charge in [-0.3, -0.25) is 9.79 Å². The minimum Gasteiger partial charge on any atom is -0.496 e. The zero-order chi connectivity index (χ0) is 17.1. The Hall–Kier alpha value is -2.24. The maximum Gasteiger partial charge on any atom is 0.239 e. The third-order valence-corrected chi connectivity index (χ3v) is 3.39. The van der Waals surface area contributed by atoms with E-state index in [0.717, 1.165) is 30.7 Å². The van der Waals surface area contributed by atoms with Gasteiger partial charge in [-0.2, -0.15) is 0 Å². The number of nitrogens with zero attached hydrogens (tertiary/aromatic N) is 1. The standard InChI is InChI=1S/C17H28N4O2/c1-5-9-19-16(22)12-21-17(18-3)20-10-8-14-7-6-13(2)15(11-14)23-4/h6-7,11H,5,8-10,12H2,1-4H3,(H,19,22)(H2,18,20,21). The second-order valence-electron chi connectivity index (χ2n) is 5.26. The zero-order valence-corrected chi connectivity index (χ0v) is 14.5. The van der Waals surface area contributed by atoms with Gasteiger partial charge in [0.25, 0.3) is 0 Å². The first-order valence-electron chi connectivity index (χ1n) is 7.95. The lowest BCUT2D eigenvalue weighted by atomic mass is 10.1. The number of benzene rings is 1. The average molecular weight is 320 g/mol. The topological polar surface area (TPSA) is 74.8 Å². The van der Waals surface area contributed by atoms with E-state index in [-0.39, 0.29) is 12.5 Å². The highest BCUT2D eigenvalue weighted by atomic mass is 16.5. The molecule has 0 radical (unpaired) electrons. The van der Waals surface area contributed by atoms with Crippen LogP contribution in [0.1, 0.15) is 24.5 Å². The zero-order valence-electron chi connectivity index (χ0n) is 14.5. The normalized spacial score (nSPS) is 11.0. The predicted octanol–water partition coefficient (Wildman–Crippen LogP) is 1.24. The molecule has 6 heteroatoms. The molecule has 0 spiro atoms. The number of rotatable bonds is 8. The molecule has 0 aliphatic heterocycles. The number of aliphatic imine (C=N–C) groups is 1. The summed E-state index contributed by atoms with van der Waals surface area (Å²) in [6.07, 6.45) is 1.78. The summed E-state index contributed by atoms with van der Waals surface area (Å²) in [6.45, 7) is 5.69. The molecule has 0 aliphatic carbocycles. The lowest BCUT2D eigenvalue weighted by molar-refractivity contribution is -0.120. The number of methoxy groups -OCH3 is 1. The van der Waals surface area contributed by atoms with Gasteiger partial charge in [0.15, 0.2) is 5.96 Å². The molecule has 23 heavy (non-hydrogen) atoms. The van der Waals surface area contributed by atoms with Gasteiger partial charge in [0.05, 0.1) is 13.7 Å². The Balaban J connectivity index is 2.36. The molecule has 0 aromatic heterocycles. The van der Waals surface area contributed by atoms with Crippen LogP contribution in [0.4, 0.5) is 0 Å². The molecule has 0 saturated heterocycles. The van der Waals surface area contributed by atoms with Crippen LogP contribution in [-0.4, -0.2) is 45.7 Å². The van der Waals surface area contributed by atoms with Crippen molar-refractivity contribution in [3.8, 4) is 5.75 Å². The minimum atomic E-state index is -0.0296. The van der Waals surface area contributed by atoms with E-state index < -0.39 is 0 Å². The maximum absolute atomic E-state index is 11.5. The number of nitrogens with one attached hydrogen (secondary N) is 3. The first-order chi connectivity index (χ1) is 11.1. The molecule has 0 atom stereocenters. The van der Waals surface area contributed by atoms with Crippen molar-refractivity contribution in [1.82, 2.24) is 16.0 Å². The molecule has 3 N–H and O–H groups in total. The van der Waals surface area contributed by atoms with E-state index in [1.54, 1.807) is 14.2 Å². The fourth-order valence-electron chi connectivity index (χ4n) is 2.06. The first kappa shape index (κ1) is 18.8. The second-order valence-corrected chi connectivity index (χ2v) is 5.26. The van der Waals surface area contributed by atoms with Gasteiger partial charge in [-0.05, 0) is 37.0 Å². The van der Waals surface area contributed by atoms with E-state index in [9.17, 15) is 4.79 Å². The second kappa shape index (κ2) is 10.5. The summed E-state index contributed by atoms with van der Waals surface area (Å²) in [5, 5.41) is 9.01. The molecule has 1 aromatic carbocycles. The van der Waals surface area contributed by atoms with Crippen LogP contribution in [0.5, 0.6) is 5.75 Å². The summed E-state index contributed by atoms with van der Waals surface area (Å²) < 4.78 is 5.33. The molecule has 1 amide bonds. The summed E-state index contributed by atoms with van der Waals surface area (Å²) in [5.74, 6) is 1.49. The molecule has 1 rings (SSSR count). The Labute approximate surface area is 138 Å². The molecule has 6 nitrogen and oxygen atoms in total. The summed E-state index contributed by atoms with van der Waals surface area (Å²) in [6, 6.07) is 6.19. The Morgan fingerprint density at radius 2 is 2.00 bits per heavy atom. The van der Waals surface area contributed by atoms with Crippen LogP contribution in [0.15, 0.2) is 23.2 Å². The molecular weight excluding hydrogens is 292 g/mol. The number of aryl methyl sites for hydroxylation is 1. The Kier molecular flexibility index (Phi) is 8.57. The van der Waals surface area contributed by atoms with Gasteiger partial charge in [0.2, 0.25) is 5.91 Å². The van der Waals surface area contributed by atoms with Crippen LogP contribution in [0, 0.1) is 6.92 Å². The van der Waals surface area contributed by atoms with Crippen molar-refractivity contribution in [2.24, 2.45) is 4.99 Å². The Bertz CT molecular complexity index is 529. The van der Waals surface area contributed by atoms with E-state index in [2.05, 4.69) is 33.1 Å². The lowest BCUT2D eigenvalue weighted by Gasteiger charge is -2.12. The smallest absolute Gasteiger partial charge is 0.239 e. The number of carbonyl (C=O) groups excluding carboxylic acids is 1. The maximum atomic E-state index is 11.5. The molecule has 0 unspecified atom stereocenters. The summed E-state index contributed by atoms with van der Waals surface area (Å²) >= 11 is 0. The van der Waals surface area contributed by atoms with E-state index in [1.807, 2.05) is 19.9 Å². The largest absolute Gasteiger partial charge is 0.496 e. The van der Waals surface area contributed by atoms with E-state index in [0.29, 0.717) is 12.5 Å². The number of carbonyl (C=O) groups is 1. The first-order valence-corrected chi connectivity index (χ1v) is 7.95. The van der Waals surface area contributed by atoms with Crippen molar-refractivity contribution in [2.45, 2.75) is 26.7 Å². The summed E-state index contributed by atoms with van der Waals surface area (Å²) in [5.41, 5.74) is 2.32. The van der Waals surface area contributed by atoms with Gasteiger partial charge in [0.1, 0.15) is 5.75 Å². The predicted molar refractivity (Wildman–Crippen MR) is 94.1 cm³/mol. The molecule has 0 fully saturated rings. The SMILES string of the molecule is CCCNC(=O)CNC(=NC)NCCc1ccc(C)c(OC)c1. The van der Waals surface area contributed by atoms with E-state index >= 15 is 0 Å². The number of hydrogen-bond donors (Lipinski definition) is 3. The van der Waals surface area contributed by atoms with Gasteiger partial charge in [0, 0.05) is 20.1 Å². The van der Waals surface area contributed by atoms with Crippen LogP contribution in [0.3, 0.4) is 0 Å². The molecule has 128 valence electrons. The van der Waals surface area contributed by atoms with Crippen molar-refractivity contribution in [2.75, 3.05) is 33.8 Å². The Morgan fingerprint density at radius 1 is 1.22 bits per heavy atom. The number of ether oxygens (including phenoxy) is 1. The fourth-order valence-corrected chi connectivity index (χ4v) is 2.06. The third kappa shape index (κ3) is 7.04. The van der Waals surface area contributed by atoms with Crippen LogP contribution >= 0.6 is 0 Å². The highest BCUT2D eigenvalue weighted by Gasteiger charge is 2.04. The minimum absolute atomic E-state index is 0.0296. The van der Waals surface area contributed by atoms with Gasteiger partial charge in [-0.15, -0.1) is 0 Å². The number of guanidine groups is 1. The monoisotopic (exact) mass is 320 g/mol. The van der Waals surface area contributed by atoms with Gasteiger partial charge < -0.3 is 20.7 Å². The van der Waals surface area contributed by atoms with Crippen LogP contribution in [0.25, 0.3) is 0 Å². The van der Waals surface area contributed by atoms with Crippen molar-refractivity contribution in [3.05, 3.63) is 29.3 Å². The van der Waals surface area contributed by atoms with Gasteiger partial charge in [-0.25, -0.2) is 0 Å². The lowest BCUT2D eigenvalue weighted by Crippen LogP contribution is -2.43. The molecule has 0 aliphatic rings. The van der Waals surface area contributed by atoms with Crippen LogP contribution in [0.2, 0.25) is 0 Å². The molecule has 0 bridgehead atoms. The molecular formula is C17H28N4O2. The van der Waals surface area contributed by atoms with Crippen molar-refractivity contribution < 1.29 is 9.53 Å². The highest BCUT2D eigenvalue weighted by molar-refractivity contribution is 5.86. The van der Waals surface area contributed by atoms with Crippen molar-refractivity contribution >= 4 is 11.9 Å². The van der Waals surface area contributed by atoms with Gasteiger partial charge in [-0.1, -0.05) is 19.1 Å². The quantitative estimate of drug-likeness (QED) is 0.498. The molecule has 0 saturated carbocycles. The van der Waals surface area contributed by atoms with Crippen molar-refractivity contribution in [1.29, 1.82) is 0 Å². The average Bonchev–Trinajstić information content (AvgIpc) is 2.57. The number of hydrogen-bond acceptors (Lipinski definition) is 3. The van der Waals surface area contributed by atoms with E-state index in [4.69, 9.17) is 4.74 Å². The molecule has 0 heterocycles. The summed E-state index contributed by atoms with van der Waals surface area (Å²) in [7, 11) is 3.37. The third-order valence-electron chi connectivity index (χ3n) is 3.39. The van der Waals surface area contributed by atoms with Crippen LogP contribution in [-0.2, 0) is 11.2 Å². The van der Waals surface area contributed by atoms with Crippen molar-refractivity contribution in [3.63, 3.8) is 0 Å². The fraction of sp³-hybridized carbons (Fsp3) is 0.529. The molecule has 1 aromatic rings. The summed E-state index contributed by atoms with van der Waals surface area (Å²) in [4.78, 5) is 15.7. The van der Waals surface area contributed by atoms with Gasteiger partial charge >= 0.3 is 0 Å². The number of amides is 1. The van der Waals surface area contributed by atoms with E-state index in [1.165, 1.54) is 5.56 Å².